The van der Waals surface area contributed by atoms with Crippen LogP contribution in [0.3, 0.4) is 0 Å². The first kappa shape index (κ1) is 11.2. The Labute approximate surface area is 102 Å². The fourth-order valence-electron chi connectivity index (χ4n) is 3.31. The summed E-state index contributed by atoms with van der Waals surface area (Å²) in [6.45, 7) is 0.646. The molecular weight excluding hydrogens is 214 g/mol. The van der Waals surface area contributed by atoms with Gasteiger partial charge >= 0.3 is 0 Å². The predicted octanol–water partition coefficient (Wildman–Crippen LogP) is 2.39. The molecule has 0 amide bonds. The van der Waals surface area contributed by atoms with Gasteiger partial charge in [-0.3, -0.25) is 4.98 Å². The second kappa shape index (κ2) is 4.07. The van der Waals surface area contributed by atoms with E-state index in [4.69, 9.17) is 4.74 Å². The Morgan fingerprint density at radius 3 is 2.71 bits per heavy atom. The molecule has 2 aliphatic rings. The van der Waals surface area contributed by atoms with E-state index in [1.807, 2.05) is 18.2 Å². The topological polar surface area (TPSA) is 42.4 Å². The minimum atomic E-state index is -0.788. The molecule has 92 valence electrons. The van der Waals surface area contributed by atoms with Crippen LogP contribution in [0.4, 0.5) is 0 Å². The van der Waals surface area contributed by atoms with Crippen LogP contribution >= 0.6 is 0 Å². The molecule has 0 bridgehead atoms. The van der Waals surface area contributed by atoms with Crippen LogP contribution in [0.2, 0.25) is 0 Å². The average molecular weight is 233 g/mol. The van der Waals surface area contributed by atoms with Crippen LogP contribution in [0.1, 0.15) is 44.2 Å². The quantitative estimate of drug-likeness (QED) is 0.810. The molecule has 1 saturated heterocycles. The molecule has 1 aliphatic heterocycles. The molecule has 2 heterocycles. The first-order chi connectivity index (χ1) is 8.23. The molecule has 0 aromatic carbocycles. The molecule has 3 rings (SSSR count). The van der Waals surface area contributed by atoms with Gasteiger partial charge in [0.1, 0.15) is 5.60 Å². The third kappa shape index (κ3) is 1.98. The van der Waals surface area contributed by atoms with E-state index in [0.29, 0.717) is 19.4 Å². The summed E-state index contributed by atoms with van der Waals surface area (Å²) in [4.78, 5) is 4.32. The van der Waals surface area contributed by atoms with Gasteiger partial charge in [-0.2, -0.15) is 0 Å². The number of hydrogen-bond acceptors (Lipinski definition) is 3. The molecule has 3 heteroatoms. The normalized spacial score (nSPS) is 31.8. The summed E-state index contributed by atoms with van der Waals surface area (Å²) in [5.41, 5.74) is -0.0662. The van der Waals surface area contributed by atoms with E-state index >= 15 is 0 Å². The van der Waals surface area contributed by atoms with Crippen LogP contribution in [0.25, 0.3) is 0 Å². The van der Waals surface area contributed by atoms with Crippen LogP contribution in [0.5, 0.6) is 0 Å². The van der Waals surface area contributed by atoms with Crippen molar-refractivity contribution in [2.24, 2.45) is 0 Å². The van der Waals surface area contributed by atoms with Gasteiger partial charge in [-0.15, -0.1) is 0 Å². The Morgan fingerprint density at radius 2 is 2.00 bits per heavy atom. The fraction of sp³-hybridized carbons (Fsp3) is 0.643. The molecule has 1 atom stereocenters. The van der Waals surface area contributed by atoms with E-state index in [9.17, 15) is 5.11 Å². The zero-order valence-corrected chi connectivity index (χ0v) is 10.1. The minimum absolute atomic E-state index is 0.0788. The summed E-state index contributed by atoms with van der Waals surface area (Å²) in [7, 11) is 0. The van der Waals surface area contributed by atoms with E-state index in [1.54, 1.807) is 6.20 Å². The highest BCUT2D eigenvalue weighted by atomic mass is 16.5. The maximum Gasteiger partial charge on any atom is 0.111 e. The lowest BCUT2D eigenvalue weighted by molar-refractivity contribution is -0.162. The van der Waals surface area contributed by atoms with Crippen molar-refractivity contribution in [2.75, 3.05) is 6.61 Å². The Hall–Kier alpha value is -0.930. The second-order valence-corrected chi connectivity index (χ2v) is 5.41. The van der Waals surface area contributed by atoms with E-state index in [2.05, 4.69) is 4.98 Å². The smallest absolute Gasteiger partial charge is 0.111 e. The summed E-state index contributed by atoms with van der Waals surface area (Å²) in [6.07, 6.45) is 7.73. The molecule has 1 N–H and O–H groups in total. The van der Waals surface area contributed by atoms with Crippen molar-refractivity contribution in [2.45, 2.75) is 49.7 Å². The van der Waals surface area contributed by atoms with Crippen LogP contribution in [0.15, 0.2) is 24.4 Å². The molecule has 1 aromatic rings. The van der Waals surface area contributed by atoms with E-state index < -0.39 is 5.60 Å². The van der Waals surface area contributed by atoms with Gasteiger partial charge in [0.2, 0.25) is 0 Å². The van der Waals surface area contributed by atoms with E-state index in [1.165, 1.54) is 12.8 Å². The highest BCUT2D eigenvalue weighted by molar-refractivity contribution is 5.16. The van der Waals surface area contributed by atoms with Gasteiger partial charge in [0.05, 0.1) is 17.9 Å². The summed E-state index contributed by atoms with van der Waals surface area (Å²) in [5.74, 6) is 0. The van der Waals surface area contributed by atoms with E-state index in [-0.39, 0.29) is 5.60 Å². The van der Waals surface area contributed by atoms with Crippen molar-refractivity contribution < 1.29 is 9.84 Å². The highest BCUT2D eigenvalue weighted by Crippen LogP contribution is 2.46. The maximum absolute atomic E-state index is 10.8. The third-order valence-electron chi connectivity index (χ3n) is 4.19. The molecule has 1 spiro atoms. The average Bonchev–Trinajstić information content (AvgIpc) is 2.78. The van der Waals surface area contributed by atoms with Gasteiger partial charge in [-0.1, -0.05) is 18.9 Å². The Kier molecular flexibility index (Phi) is 2.68. The predicted molar refractivity (Wildman–Crippen MR) is 64.5 cm³/mol. The van der Waals surface area contributed by atoms with Crippen molar-refractivity contribution in [3.8, 4) is 0 Å². The van der Waals surface area contributed by atoms with Crippen molar-refractivity contribution in [1.82, 2.24) is 4.98 Å². The molecular formula is C14H19NO2. The van der Waals surface area contributed by atoms with Gasteiger partial charge < -0.3 is 9.84 Å². The molecule has 1 aliphatic carbocycles. The Morgan fingerprint density at radius 1 is 1.18 bits per heavy atom. The molecule has 1 saturated carbocycles. The third-order valence-corrected chi connectivity index (χ3v) is 4.19. The molecule has 3 nitrogen and oxygen atoms in total. The Balaban J connectivity index is 1.87. The molecule has 17 heavy (non-hydrogen) atoms. The lowest BCUT2D eigenvalue weighted by atomic mass is 9.79. The number of aliphatic hydroxyl groups is 1. The van der Waals surface area contributed by atoms with Crippen LogP contribution in [-0.4, -0.2) is 22.3 Å². The van der Waals surface area contributed by atoms with Crippen molar-refractivity contribution >= 4 is 0 Å². The lowest BCUT2D eigenvalue weighted by Gasteiger charge is -2.43. The SMILES string of the molecule is OC1(c2ccccn2)CCOC2(CCCC2)C1. The van der Waals surface area contributed by atoms with Gasteiger partial charge in [-0.05, 0) is 25.0 Å². The number of nitrogens with zero attached hydrogens (tertiary/aromatic N) is 1. The number of hydrogen-bond donors (Lipinski definition) is 1. The monoisotopic (exact) mass is 233 g/mol. The molecule has 1 unspecified atom stereocenters. The second-order valence-electron chi connectivity index (χ2n) is 5.41. The van der Waals surface area contributed by atoms with Gasteiger partial charge in [-0.25, -0.2) is 0 Å². The zero-order valence-electron chi connectivity index (χ0n) is 10.1. The largest absolute Gasteiger partial charge is 0.383 e. The fourth-order valence-corrected chi connectivity index (χ4v) is 3.31. The molecule has 0 radical (unpaired) electrons. The van der Waals surface area contributed by atoms with Crippen LogP contribution < -0.4 is 0 Å². The first-order valence-electron chi connectivity index (χ1n) is 6.50. The zero-order chi connectivity index (χ0) is 11.8. The van der Waals surface area contributed by atoms with Gasteiger partial charge in [0.15, 0.2) is 0 Å². The Bertz CT molecular complexity index is 386. The maximum atomic E-state index is 10.8. The number of pyridine rings is 1. The summed E-state index contributed by atoms with van der Waals surface area (Å²) >= 11 is 0. The molecule has 1 aromatic heterocycles. The summed E-state index contributed by atoms with van der Waals surface area (Å²) in [6, 6.07) is 5.75. The minimum Gasteiger partial charge on any atom is -0.383 e. The highest BCUT2D eigenvalue weighted by Gasteiger charge is 2.47. The van der Waals surface area contributed by atoms with Crippen molar-refractivity contribution in [3.05, 3.63) is 30.1 Å². The number of rotatable bonds is 1. The molecule has 2 fully saturated rings. The van der Waals surface area contributed by atoms with Gasteiger partial charge in [0, 0.05) is 19.0 Å². The standard InChI is InChI=1S/C14H19NO2/c16-14(12-5-1-4-9-15-12)8-10-17-13(11-14)6-2-3-7-13/h1,4-5,9,16H,2-3,6-8,10-11H2. The summed E-state index contributed by atoms with van der Waals surface area (Å²) in [5, 5.41) is 10.8. The first-order valence-corrected chi connectivity index (χ1v) is 6.50. The van der Waals surface area contributed by atoms with Gasteiger partial charge in [0.25, 0.3) is 0 Å². The number of ether oxygens (including phenoxy) is 1. The van der Waals surface area contributed by atoms with E-state index in [0.717, 1.165) is 18.5 Å². The summed E-state index contributed by atoms with van der Waals surface area (Å²) < 4.78 is 5.96. The lowest BCUT2D eigenvalue weighted by Crippen LogP contribution is -2.46. The van der Waals surface area contributed by atoms with Crippen LogP contribution in [-0.2, 0) is 10.3 Å². The number of aromatic nitrogens is 1. The van der Waals surface area contributed by atoms with Crippen molar-refractivity contribution in [1.29, 1.82) is 0 Å². The van der Waals surface area contributed by atoms with Crippen molar-refractivity contribution in [3.63, 3.8) is 0 Å². The van der Waals surface area contributed by atoms with Crippen LogP contribution in [0, 0.1) is 0 Å².